The first-order valence-electron chi connectivity index (χ1n) is 10.6. The zero-order chi connectivity index (χ0) is 18.8. The first-order valence-corrected chi connectivity index (χ1v) is 10.6. The van der Waals surface area contributed by atoms with Crippen molar-refractivity contribution in [2.24, 2.45) is 23.2 Å². The Hall–Kier alpha value is -1.39. The molecular formula is C23H31NO3. The number of epoxide rings is 1. The summed E-state index contributed by atoms with van der Waals surface area (Å²) >= 11 is 0. The number of nitrogens with zero attached hydrogens (tertiary/aromatic N) is 1. The van der Waals surface area contributed by atoms with E-state index in [4.69, 9.17) is 9.47 Å². The van der Waals surface area contributed by atoms with E-state index in [-0.39, 0.29) is 41.0 Å². The van der Waals surface area contributed by atoms with Crippen molar-refractivity contribution in [3.8, 4) is 0 Å². The van der Waals surface area contributed by atoms with Crippen molar-refractivity contribution in [2.75, 3.05) is 13.6 Å². The van der Waals surface area contributed by atoms with Gasteiger partial charge in [0.1, 0.15) is 11.7 Å². The maximum Gasteiger partial charge on any atom is 0.311 e. The molecule has 2 aliphatic carbocycles. The van der Waals surface area contributed by atoms with Gasteiger partial charge < -0.3 is 14.4 Å². The van der Waals surface area contributed by atoms with Gasteiger partial charge in [-0.15, -0.1) is 0 Å². The predicted molar refractivity (Wildman–Crippen MR) is 103 cm³/mol. The number of carbonyl (C=O) groups excluding carboxylic acids is 1. The summed E-state index contributed by atoms with van der Waals surface area (Å²) in [5.41, 5.74) is 1.44. The van der Waals surface area contributed by atoms with Crippen LogP contribution in [-0.2, 0) is 20.8 Å². The Morgan fingerprint density at radius 1 is 1.26 bits per heavy atom. The number of benzene rings is 1. The minimum Gasteiger partial charge on any atom is -0.462 e. The van der Waals surface area contributed by atoms with Crippen molar-refractivity contribution in [1.82, 2.24) is 4.90 Å². The average Bonchev–Trinajstić information content (AvgIpc) is 3.31. The smallest absolute Gasteiger partial charge is 0.311 e. The Bertz CT molecular complexity index is 736. The van der Waals surface area contributed by atoms with Crippen molar-refractivity contribution < 1.29 is 14.3 Å². The summed E-state index contributed by atoms with van der Waals surface area (Å²) in [6.45, 7) is 6.33. The third-order valence-corrected chi connectivity index (χ3v) is 8.00. The molecule has 1 spiro atoms. The van der Waals surface area contributed by atoms with E-state index in [0.717, 1.165) is 19.5 Å². The SMILES string of the molecule is C[C@H]1CCC[C@]2(C)C[C@H]3OC(=O)[C@@H](CN(C)Cc4ccccc4)[C@H]3[C@@H]3O[C@@]132. The molecule has 2 aliphatic heterocycles. The number of hydrogen-bond acceptors (Lipinski definition) is 4. The van der Waals surface area contributed by atoms with Crippen LogP contribution in [0.1, 0.15) is 45.1 Å². The van der Waals surface area contributed by atoms with Gasteiger partial charge in [0.15, 0.2) is 0 Å². The first kappa shape index (κ1) is 17.7. The topological polar surface area (TPSA) is 42.1 Å². The normalized spacial score (nSPS) is 45.0. The van der Waals surface area contributed by atoms with Crippen LogP contribution in [0.25, 0.3) is 0 Å². The van der Waals surface area contributed by atoms with Crippen LogP contribution in [0.5, 0.6) is 0 Å². The molecule has 0 bridgehead atoms. The molecule has 7 atom stereocenters. The molecule has 1 aromatic carbocycles. The van der Waals surface area contributed by atoms with E-state index in [2.05, 4.69) is 50.1 Å². The van der Waals surface area contributed by atoms with E-state index in [0.29, 0.717) is 5.92 Å². The van der Waals surface area contributed by atoms with Gasteiger partial charge in [-0.2, -0.15) is 0 Å². The maximum absolute atomic E-state index is 12.8. The molecular weight excluding hydrogens is 338 g/mol. The van der Waals surface area contributed by atoms with Crippen LogP contribution in [0.3, 0.4) is 0 Å². The van der Waals surface area contributed by atoms with Gasteiger partial charge in [0.05, 0.1) is 12.0 Å². The summed E-state index contributed by atoms with van der Waals surface area (Å²) in [5.74, 6) is 0.738. The molecule has 4 heteroatoms. The van der Waals surface area contributed by atoms with Crippen LogP contribution < -0.4 is 0 Å². The highest BCUT2D eigenvalue weighted by atomic mass is 16.6. The third kappa shape index (κ3) is 2.52. The van der Waals surface area contributed by atoms with Crippen LogP contribution >= 0.6 is 0 Å². The molecule has 5 rings (SSSR count). The Morgan fingerprint density at radius 3 is 2.81 bits per heavy atom. The predicted octanol–water partition coefficient (Wildman–Crippen LogP) is 3.64. The number of rotatable bonds is 4. The van der Waals surface area contributed by atoms with Gasteiger partial charge in [-0.1, -0.05) is 50.6 Å². The minimum atomic E-state index is -0.0632. The van der Waals surface area contributed by atoms with E-state index in [1.54, 1.807) is 0 Å². The zero-order valence-corrected chi connectivity index (χ0v) is 16.7. The Balaban J connectivity index is 1.35. The molecule has 0 N–H and O–H groups in total. The van der Waals surface area contributed by atoms with Gasteiger partial charge in [0, 0.05) is 24.4 Å². The standard InChI is InChI=1S/C23H31NO3/c1-15-8-7-11-22(2)12-18-19(20-23(15,22)27-20)17(21(25)26-18)14-24(3)13-16-9-5-4-6-10-16/h4-6,9-10,15,17-20H,7-8,11-14H2,1-3H3/t15-,17-,18+,19+,20-,22+,23-/m0/s1. The highest BCUT2D eigenvalue weighted by Crippen LogP contribution is 2.70. The Morgan fingerprint density at radius 2 is 2.04 bits per heavy atom. The molecule has 0 amide bonds. The number of esters is 1. The van der Waals surface area contributed by atoms with Gasteiger partial charge in [-0.05, 0) is 37.8 Å². The number of hydrogen-bond donors (Lipinski definition) is 0. The quantitative estimate of drug-likeness (QED) is 0.600. The molecule has 1 aromatic rings. The van der Waals surface area contributed by atoms with Crippen LogP contribution in [-0.4, -0.2) is 42.3 Å². The number of carbonyl (C=O) groups is 1. The minimum absolute atomic E-state index is 0.00333. The molecule has 27 heavy (non-hydrogen) atoms. The summed E-state index contributed by atoms with van der Waals surface area (Å²) in [7, 11) is 2.10. The molecule has 0 radical (unpaired) electrons. The molecule has 2 saturated heterocycles. The summed E-state index contributed by atoms with van der Waals surface area (Å²) in [6.07, 6.45) is 4.94. The molecule has 146 valence electrons. The van der Waals surface area contributed by atoms with E-state index in [1.807, 2.05) is 6.07 Å². The fourth-order valence-electron chi connectivity index (χ4n) is 6.74. The molecule has 4 fully saturated rings. The first-order chi connectivity index (χ1) is 12.9. The van der Waals surface area contributed by atoms with Crippen LogP contribution in [0.2, 0.25) is 0 Å². The van der Waals surface area contributed by atoms with E-state index < -0.39 is 0 Å². The molecule has 2 heterocycles. The van der Waals surface area contributed by atoms with Crippen molar-refractivity contribution in [2.45, 2.75) is 63.9 Å². The molecule has 4 aliphatic rings. The fourth-order valence-corrected chi connectivity index (χ4v) is 6.74. The Labute approximate surface area is 162 Å². The van der Waals surface area contributed by atoms with Gasteiger partial charge in [0.2, 0.25) is 0 Å². The fraction of sp³-hybridized carbons (Fsp3) is 0.696. The largest absolute Gasteiger partial charge is 0.462 e. The molecule has 0 aromatic heterocycles. The number of fused-ring (bicyclic) bond motifs is 2. The third-order valence-electron chi connectivity index (χ3n) is 8.00. The van der Waals surface area contributed by atoms with Crippen LogP contribution in [0.15, 0.2) is 30.3 Å². The van der Waals surface area contributed by atoms with Gasteiger partial charge in [-0.3, -0.25) is 4.79 Å². The van der Waals surface area contributed by atoms with E-state index in [9.17, 15) is 4.79 Å². The molecule has 0 unspecified atom stereocenters. The lowest BCUT2D eigenvalue weighted by molar-refractivity contribution is -0.146. The van der Waals surface area contributed by atoms with Crippen molar-refractivity contribution in [3.05, 3.63) is 35.9 Å². The molecule has 4 nitrogen and oxygen atoms in total. The lowest BCUT2D eigenvalue weighted by Crippen LogP contribution is -2.54. The molecule has 2 saturated carbocycles. The second-order valence-electron chi connectivity index (χ2n) is 9.73. The van der Waals surface area contributed by atoms with E-state index in [1.165, 1.54) is 24.8 Å². The highest BCUT2D eigenvalue weighted by molar-refractivity contribution is 5.76. The second-order valence-corrected chi connectivity index (χ2v) is 9.73. The van der Waals surface area contributed by atoms with Gasteiger partial charge in [0.25, 0.3) is 0 Å². The second kappa shape index (κ2) is 6.05. The van der Waals surface area contributed by atoms with E-state index >= 15 is 0 Å². The number of ether oxygens (including phenoxy) is 2. The average molecular weight is 370 g/mol. The lowest BCUT2D eigenvalue weighted by atomic mass is 9.53. The van der Waals surface area contributed by atoms with Gasteiger partial charge >= 0.3 is 5.97 Å². The summed E-state index contributed by atoms with van der Waals surface area (Å²) in [6, 6.07) is 10.5. The lowest BCUT2D eigenvalue weighted by Gasteiger charge is -2.49. The summed E-state index contributed by atoms with van der Waals surface area (Å²) in [4.78, 5) is 15.0. The summed E-state index contributed by atoms with van der Waals surface area (Å²) in [5, 5.41) is 0. The summed E-state index contributed by atoms with van der Waals surface area (Å²) < 4.78 is 12.5. The van der Waals surface area contributed by atoms with Crippen molar-refractivity contribution >= 4 is 5.97 Å². The monoisotopic (exact) mass is 369 g/mol. The van der Waals surface area contributed by atoms with Crippen LogP contribution in [0.4, 0.5) is 0 Å². The maximum atomic E-state index is 12.8. The van der Waals surface area contributed by atoms with Crippen LogP contribution in [0, 0.1) is 23.2 Å². The highest BCUT2D eigenvalue weighted by Gasteiger charge is 2.78. The van der Waals surface area contributed by atoms with Crippen molar-refractivity contribution in [1.29, 1.82) is 0 Å². The Kier molecular flexibility index (Phi) is 3.97. The van der Waals surface area contributed by atoms with Crippen molar-refractivity contribution in [3.63, 3.8) is 0 Å². The van der Waals surface area contributed by atoms with Gasteiger partial charge in [-0.25, -0.2) is 0 Å². The zero-order valence-electron chi connectivity index (χ0n) is 16.7.